The van der Waals surface area contributed by atoms with Gasteiger partial charge in [0.15, 0.2) is 0 Å². The van der Waals surface area contributed by atoms with Crippen LogP contribution >= 0.6 is 0 Å². The second-order valence-corrected chi connectivity index (χ2v) is 5.09. The Bertz CT molecular complexity index is 364. The molecule has 0 aliphatic carbocycles. The number of ether oxygens (including phenoxy) is 1. The lowest BCUT2D eigenvalue weighted by Gasteiger charge is -2.22. The number of hydrogen-bond donors (Lipinski definition) is 1. The maximum Gasteiger partial charge on any atom is 0.125 e. The monoisotopic (exact) mass is 221 g/mol. The van der Waals surface area contributed by atoms with E-state index in [-0.39, 0.29) is 5.54 Å². The van der Waals surface area contributed by atoms with E-state index in [0.717, 1.165) is 12.2 Å². The first-order valence-electron chi connectivity index (χ1n) is 5.86. The molecule has 0 spiro atoms. The molecule has 0 atom stereocenters. The molecule has 0 heterocycles. The lowest BCUT2D eigenvalue weighted by atomic mass is 9.93. The topological polar surface area (TPSA) is 35.2 Å². The predicted molar refractivity (Wildman–Crippen MR) is 69.1 cm³/mol. The highest BCUT2D eigenvalue weighted by atomic mass is 16.5. The van der Waals surface area contributed by atoms with Crippen LogP contribution in [0.15, 0.2) is 12.1 Å². The minimum Gasteiger partial charge on any atom is -0.493 e. The van der Waals surface area contributed by atoms with E-state index in [1.165, 1.54) is 16.7 Å². The maximum atomic E-state index is 6.07. The van der Waals surface area contributed by atoms with E-state index in [2.05, 4.69) is 26.0 Å². The molecule has 0 fully saturated rings. The molecule has 0 aromatic heterocycles. The molecular weight excluding hydrogens is 198 g/mol. The Kier molecular flexibility index (Phi) is 3.98. The Morgan fingerprint density at radius 2 is 1.88 bits per heavy atom. The highest BCUT2D eigenvalue weighted by Crippen LogP contribution is 2.28. The number of benzene rings is 1. The van der Waals surface area contributed by atoms with Crippen LogP contribution in [0.1, 0.15) is 37.5 Å². The van der Waals surface area contributed by atoms with Crippen molar-refractivity contribution in [1.29, 1.82) is 0 Å². The van der Waals surface area contributed by atoms with Gasteiger partial charge in [-0.1, -0.05) is 12.1 Å². The van der Waals surface area contributed by atoms with Crippen LogP contribution in [0.25, 0.3) is 0 Å². The van der Waals surface area contributed by atoms with E-state index in [4.69, 9.17) is 10.5 Å². The average molecular weight is 221 g/mol. The summed E-state index contributed by atoms with van der Waals surface area (Å²) in [7, 11) is 0. The van der Waals surface area contributed by atoms with Gasteiger partial charge >= 0.3 is 0 Å². The molecule has 0 unspecified atom stereocenters. The molecular formula is C14H23NO. The Labute approximate surface area is 98.8 Å². The van der Waals surface area contributed by atoms with Crippen LogP contribution in [-0.2, 0) is 6.42 Å². The van der Waals surface area contributed by atoms with Crippen molar-refractivity contribution in [2.45, 2.75) is 46.6 Å². The van der Waals surface area contributed by atoms with Gasteiger partial charge in [-0.15, -0.1) is 0 Å². The minimum atomic E-state index is -0.201. The van der Waals surface area contributed by atoms with Gasteiger partial charge in [0.2, 0.25) is 0 Å². The fourth-order valence-corrected chi connectivity index (χ4v) is 1.82. The van der Waals surface area contributed by atoms with Crippen LogP contribution in [0.2, 0.25) is 0 Å². The SMILES string of the molecule is CCOc1c(CC(C)(C)N)ccc(C)c1C. The molecule has 0 aliphatic heterocycles. The van der Waals surface area contributed by atoms with Gasteiger partial charge in [-0.3, -0.25) is 0 Å². The standard InChI is InChI=1S/C14H23NO/c1-6-16-13-11(3)10(2)7-8-12(13)9-14(4,5)15/h7-8H,6,9,15H2,1-5H3. The van der Waals surface area contributed by atoms with E-state index in [9.17, 15) is 0 Å². The molecule has 1 aromatic carbocycles. The molecule has 16 heavy (non-hydrogen) atoms. The molecule has 0 bridgehead atoms. The largest absolute Gasteiger partial charge is 0.493 e. The molecule has 1 aromatic rings. The smallest absolute Gasteiger partial charge is 0.125 e. The van der Waals surface area contributed by atoms with Gasteiger partial charge in [-0.05, 0) is 57.7 Å². The van der Waals surface area contributed by atoms with Crippen LogP contribution in [-0.4, -0.2) is 12.1 Å². The van der Waals surface area contributed by atoms with E-state index < -0.39 is 0 Å². The number of rotatable bonds is 4. The summed E-state index contributed by atoms with van der Waals surface area (Å²) < 4.78 is 5.74. The first-order valence-corrected chi connectivity index (χ1v) is 5.86. The summed E-state index contributed by atoms with van der Waals surface area (Å²) in [4.78, 5) is 0. The maximum absolute atomic E-state index is 6.07. The van der Waals surface area contributed by atoms with Crippen molar-refractivity contribution in [1.82, 2.24) is 0 Å². The zero-order chi connectivity index (χ0) is 12.3. The molecule has 0 saturated heterocycles. The van der Waals surface area contributed by atoms with Crippen molar-refractivity contribution in [3.63, 3.8) is 0 Å². The highest BCUT2D eigenvalue weighted by molar-refractivity contribution is 5.46. The summed E-state index contributed by atoms with van der Waals surface area (Å²) >= 11 is 0. The minimum absolute atomic E-state index is 0.201. The first kappa shape index (κ1) is 13.0. The van der Waals surface area contributed by atoms with E-state index >= 15 is 0 Å². The predicted octanol–water partition coefficient (Wildman–Crippen LogP) is 2.98. The van der Waals surface area contributed by atoms with Crippen LogP contribution in [0.5, 0.6) is 5.75 Å². The summed E-state index contributed by atoms with van der Waals surface area (Å²) in [6.07, 6.45) is 0.837. The molecule has 90 valence electrons. The second kappa shape index (κ2) is 4.88. The fourth-order valence-electron chi connectivity index (χ4n) is 1.82. The fraction of sp³-hybridized carbons (Fsp3) is 0.571. The van der Waals surface area contributed by atoms with Gasteiger partial charge in [0, 0.05) is 5.54 Å². The normalized spacial score (nSPS) is 11.6. The summed E-state index contributed by atoms with van der Waals surface area (Å²) in [6, 6.07) is 4.26. The average Bonchev–Trinajstić information content (AvgIpc) is 2.15. The Balaban J connectivity index is 3.13. The van der Waals surface area contributed by atoms with Gasteiger partial charge in [0.1, 0.15) is 5.75 Å². The van der Waals surface area contributed by atoms with Gasteiger partial charge in [-0.25, -0.2) is 0 Å². The molecule has 2 nitrogen and oxygen atoms in total. The van der Waals surface area contributed by atoms with Crippen LogP contribution < -0.4 is 10.5 Å². The molecule has 1 rings (SSSR count). The lowest BCUT2D eigenvalue weighted by molar-refractivity contribution is 0.330. The Morgan fingerprint density at radius 3 is 2.38 bits per heavy atom. The summed E-state index contributed by atoms with van der Waals surface area (Å²) in [5, 5.41) is 0. The van der Waals surface area contributed by atoms with Gasteiger partial charge in [0.25, 0.3) is 0 Å². The summed E-state index contributed by atoms with van der Waals surface area (Å²) in [5.41, 5.74) is 9.56. The molecule has 2 N–H and O–H groups in total. The highest BCUT2D eigenvalue weighted by Gasteiger charge is 2.17. The molecule has 0 radical (unpaired) electrons. The van der Waals surface area contributed by atoms with Crippen molar-refractivity contribution >= 4 is 0 Å². The molecule has 0 amide bonds. The zero-order valence-corrected chi connectivity index (χ0v) is 11.1. The first-order chi connectivity index (χ1) is 7.35. The van der Waals surface area contributed by atoms with Crippen molar-refractivity contribution in [3.8, 4) is 5.75 Å². The quantitative estimate of drug-likeness (QED) is 0.848. The van der Waals surface area contributed by atoms with Crippen molar-refractivity contribution in [3.05, 3.63) is 28.8 Å². The Morgan fingerprint density at radius 1 is 1.25 bits per heavy atom. The number of aryl methyl sites for hydroxylation is 1. The molecule has 0 saturated carbocycles. The lowest BCUT2D eigenvalue weighted by Crippen LogP contribution is -2.34. The summed E-state index contributed by atoms with van der Waals surface area (Å²) in [5.74, 6) is 1.01. The zero-order valence-electron chi connectivity index (χ0n) is 11.1. The van der Waals surface area contributed by atoms with Crippen LogP contribution in [0, 0.1) is 13.8 Å². The van der Waals surface area contributed by atoms with Crippen molar-refractivity contribution in [2.24, 2.45) is 5.73 Å². The second-order valence-electron chi connectivity index (χ2n) is 5.09. The Hall–Kier alpha value is -1.02. The van der Waals surface area contributed by atoms with E-state index in [1.807, 2.05) is 20.8 Å². The van der Waals surface area contributed by atoms with Crippen LogP contribution in [0.3, 0.4) is 0 Å². The van der Waals surface area contributed by atoms with Crippen LogP contribution in [0.4, 0.5) is 0 Å². The number of nitrogens with two attached hydrogens (primary N) is 1. The number of hydrogen-bond acceptors (Lipinski definition) is 2. The van der Waals surface area contributed by atoms with Crippen molar-refractivity contribution < 1.29 is 4.74 Å². The summed E-state index contributed by atoms with van der Waals surface area (Å²) in [6.45, 7) is 11.0. The molecule has 0 aliphatic rings. The van der Waals surface area contributed by atoms with Crippen molar-refractivity contribution in [2.75, 3.05) is 6.61 Å². The third-order valence-corrected chi connectivity index (χ3v) is 2.69. The van der Waals surface area contributed by atoms with Gasteiger partial charge < -0.3 is 10.5 Å². The third-order valence-electron chi connectivity index (χ3n) is 2.69. The molecule has 2 heteroatoms. The van der Waals surface area contributed by atoms with E-state index in [1.54, 1.807) is 0 Å². The van der Waals surface area contributed by atoms with Gasteiger partial charge in [-0.2, -0.15) is 0 Å². The van der Waals surface area contributed by atoms with E-state index in [0.29, 0.717) is 6.61 Å². The van der Waals surface area contributed by atoms with Gasteiger partial charge in [0.05, 0.1) is 6.61 Å². The third kappa shape index (κ3) is 3.24.